The molecule has 180 valence electrons. The molecule has 4 atom stereocenters. The van der Waals surface area contributed by atoms with Gasteiger partial charge in [0.05, 0.1) is 0 Å². The first-order chi connectivity index (χ1) is 16.4. The molecule has 0 radical (unpaired) electrons. The second kappa shape index (κ2) is 11.0. The Kier molecular flexibility index (Phi) is 7.84. The number of aromatic nitrogens is 3. The minimum absolute atomic E-state index is 0.232. The highest BCUT2D eigenvalue weighted by molar-refractivity contribution is 5.55. The molecule has 0 bridgehead atoms. The van der Waals surface area contributed by atoms with Gasteiger partial charge in [-0.05, 0) is 66.8 Å². The highest BCUT2D eigenvalue weighted by Crippen LogP contribution is 2.38. The van der Waals surface area contributed by atoms with Crippen molar-refractivity contribution in [3.05, 3.63) is 77.1 Å². The maximum Gasteiger partial charge on any atom is 0.247 e. The maximum atomic E-state index is 11.1. The van der Waals surface area contributed by atoms with Gasteiger partial charge in [-0.3, -0.25) is 4.98 Å². The lowest BCUT2D eigenvalue weighted by Gasteiger charge is -2.37. The molecule has 34 heavy (non-hydrogen) atoms. The van der Waals surface area contributed by atoms with Gasteiger partial charge in [-0.1, -0.05) is 25.5 Å². The Balaban J connectivity index is 1.40. The number of benzene rings is 1. The Hall–Kier alpha value is -2.91. The van der Waals surface area contributed by atoms with Gasteiger partial charge >= 0.3 is 0 Å². The molecule has 4 unspecified atom stereocenters. The molecule has 3 N–H and O–H groups in total. The van der Waals surface area contributed by atoms with Crippen molar-refractivity contribution in [3.8, 4) is 11.5 Å². The number of nitrogens with zero attached hydrogens (tertiary/aromatic N) is 3. The zero-order valence-electron chi connectivity index (χ0n) is 19.9. The molecule has 0 fully saturated rings. The molecule has 4 rings (SSSR count). The van der Waals surface area contributed by atoms with Crippen molar-refractivity contribution >= 4 is 5.69 Å². The summed E-state index contributed by atoms with van der Waals surface area (Å²) in [6.07, 6.45) is 7.89. The molecule has 0 saturated carbocycles. The second-order valence-electron chi connectivity index (χ2n) is 9.49. The highest BCUT2D eigenvalue weighted by atomic mass is 16.8. The Bertz CT molecular complexity index is 1080. The SMILES string of the molecule is CC1=CC(CNCc2ccncc2)C(C(C)C)CC1Cc1nnc(-c2ccc([NH+]([O-])O)cc2)o1. The van der Waals surface area contributed by atoms with Crippen LogP contribution in [0.15, 0.2) is 64.9 Å². The Labute approximate surface area is 200 Å². The smallest absolute Gasteiger partial charge is 0.247 e. The van der Waals surface area contributed by atoms with Crippen LogP contribution in [-0.4, -0.2) is 26.9 Å². The van der Waals surface area contributed by atoms with E-state index in [1.54, 1.807) is 24.3 Å². The third kappa shape index (κ3) is 5.95. The van der Waals surface area contributed by atoms with E-state index in [2.05, 4.69) is 47.3 Å². The zero-order chi connectivity index (χ0) is 24.1. The first-order valence-electron chi connectivity index (χ1n) is 11.8. The van der Waals surface area contributed by atoms with Crippen LogP contribution in [0.5, 0.6) is 0 Å². The summed E-state index contributed by atoms with van der Waals surface area (Å²) >= 11 is 0. The molecule has 0 spiro atoms. The van der Waals surface area contributed by atoms with E-state index in [9.17, 15) is 5.21 Å². The molecule has 2 aromatic heterocycles. The quantitative estimate of drug-likeness (QED) is 0.327. The fourth-order valence-electron chi connectivity index (χ4n) is 4.81. The van der Waals surface area contributed by atoms with Crippen LogP contribution in [0, 0.1) is 28.9 Å². The molecule has 8 nitrogen and oxygen atoms in total. The van der Waals surface area contributed by atoms with Crippen LogP contribution < -0.4 is 10.5 Å². The summed E-state index contributed by atoms with van der Waals surface area (Å²) in [7, 11) is 0. The summed E-state index contributed by atoms with van der Waals surface area (Å²) in [5.41, 5.74) is 3.57. The molecule has 1 aromatic carbocycles. The lowest BCUT2D eigenvalue weighted by Crippen LogP contribution is -2.99. The number of hydrogen-bond acceptors (Lipinski definition) is 7. The third-order valence-corrected chi connectivity index (χ3v) is 6.81. The maximum absolute atomic E-state index is 11.1. The minimum Gasteiger partial charge on any atom is -0.595 e. The summed E-state index contributed by atoms with van der Waals surface area (Å²) in [6, 6.07) is 10.6. The fourth-order valence-corrected chi connectivity index (χ4v) is 4.81. The van der Waals surface area contributed by atoms with E-state index < -0.39 is 5.23 Å². The van der Waals surface area contributed by atoms with Crippen LogP contribution in [0.1, 0.15) is 38.6 Å². The van der Waals surface area contributed by atoms with Gasteiger partial charge in [-0.2, -0.15) is 5.23 Å². The van der Waals surface area contributed by atoms with Crippen LogP contribution in [0.3, 0.4) is 0 Å². The second-order valence-corrected chi connectivity index (χ2v) is 9.49. The van der Waals surface area contributed by atoms with E-state index in [0.29, 0.717) is 41.9 Å². The van der Waals surface area contributed by atoms with Crippen LogP contribution in [0.2, 0.25) is 0 Å². The summed E-state index contributed by atoms with van der Waals surface area (Å²) in [5.74, 6) is 3.04. The molecule has 1 aliphatic carbocycles. The van der Waals surface area contributed by atoms with Crippen LogP contribution in [0.4, 0.5) is 5.69 Å². The van der Waals surface area contributed by atoms with Gasteiger partial charge < -0.3 is 14.9 Å². The van der Waals surface area contributed by atoms with Crippen molar-refractivity contribution in [2.45, 2.75) is 40.2 Å². The average Bonchev–Trinajstić information content (AvgIpc) is 3.30. The number of rotatable bonds is 9. The summed E-state index contributed by atoms with van der Waals surface area (Å²) < 4.78 is 5.94. The van der Waals surface area contributed by atoms with Gasteiger partial charge in [-0.25, -0.2) is 5.21 Å². The summed E-state index contributed by atoms with van der Waals surface area (Å²) in [6.45, 7) is 8.61. The van der Waals surface area contributed by atoms with Crippen LogP contribution in [0.25, 0.3) is 11.5 Å². The van der Waals surface area contributed by atoms with E-state index in [1.807, 2.05) is 24.5 Å². The minimum atomic E-state index is -0.956. The number of allylic oxidation sites excluding steroid dienone is 1. The van der Waals surface area contributed by atoms with Crippen LogP contribution >= 0.6 is 0 Å². The average molecular weight is 464 g/mol. The molecule has 3 aromatic rings. The predicted octanol–water partition coefficient (Wildman–Crippen LogP) is 3.72. The van der Waals surface area contributed by atoms with E-state index in [0.717, 1.165) is 25.1 Å². The van der Waals surface area contributed by atoms with Gasteiger partial charge in [-0.15, -0.1) is 10.2 Å². The molecule has 1 aliphatic rings. The van der Waals surface area contributed by atoms with Gasteiger partial charge in [0.25, 0.3) is 0 Å². The Morgan fingerprint density at radius 3 is 2.56 bits per heavy atom. The van der Waals surface area contributed by atoms with Gasteiger partial charge in [0.2, 0.25) is 11.8 Å². The predicted molar refractivity (Wildman–Crippen MR) is 129 cm³/mol. The standard InChI is InChI=1S/C26H33N5O3/c1-17(2)24-13-21(18(3)12-22(24)16-28-15-19-8-10-27-11-9-19)14-25-29-30-26(34-25)20-4-6-23(7-5-20)31(32)33/h4-12,17,21-22,24,28,31-32H,13-16H2,1-3H3. The topological polar surface area (TPSA) is 112 Å². The fraction of sp³-hybridized carbons (Fsp3) is 0.423. The molecule has 0 amide bonds. The molecular formula is C26H33N5O3. The van der Waals surface area contributed by atoms with Crippen molar-refractivity contribution in [2.75, 3.05) is 6.54 Å². The van der Waals surface area contributed by atoms with E-state index in [4.69, 9.17) is 9.62 Å². The zero-order valence-corrected chi connectivity index (χ0v) is 19.9. The Morgan fingerprint density at radius 1 is 1.15 bits per heavy atom. The van der Waals surface area contributed by atoms with E-state index in [1.165, 1.54) is 11.1 Å². The van der Waals surface area contributed by atoms with Crippen molar-refractivity contribution in [3.63, 3.8) is 0 Å². The number of pyridine rings is 1. The molecule has 2 heterocycles. The molecule has 0 aliphatic heterocycles. The first-order valence-corrected chi connectivity index (χ1v) is 11.8. The molecular weight excluding hydrogens is 430 g/mol. The number of hydrogen-bond donors (Lipinski definition) is 3. The highest BCUT2D eigenvalue weighted by Gasteiger charge is 2.32. The lowest BCUT2D eigenvalue weighted by atomic mass is 9.70. The monoisotopic (exact) mass is 463 g/mol. The van der Waals surface area contributed by atoms with E-state index in [-0.39, 0.29) is 5.69 Å². The molecule has 0 saturated heterocycles. The van der Waals surface area contributed by atoms with Crippen molar-refractivity contribution < 1.29 is 14.9 Å². The largest absolute Gasteiger partial charge is 0.595 e. The van der Waals surface area contributed by atoms with Crippen LogP contribution in [-0.2, 0) is 13.0 Å². The molecule has 8 heteroatoms. The summed E-state index contributed by atoms with van der Waals surface area (Å²) in [4.78, 5) is 4.08. The number of quaternary nitrogens is 1. The Morgan fingerprint density at radius 2 is 1.88 bits per heavy atom. The van der Waals surface area contributed by atoms with Crippen molar-refractivity contribution in [2.24, 2.45) is 23.7 Å². The van der Waals surface area contributed by atoms with Crippen molar-refractivity contribution in [1.82, 2.24) is 20.5 Å². The first kappa shape index (κ1) is 24.2. The number of nitrogens with one attached hydrogen (secondary N) is 2. The van der Waals surface area contributed by atoms with Crippen molar-refractivity contribution in [1.29, 1.82) is 0 Å². The van der Waals surface area contributed by atoms with E-state index >= 15 is 0 Å². The normalized spacial score (nSPS) is 21.5. The third-order valence-electron chi connectivity index (χ3n) is 6.81. The lowest BCUT2D eigenvalue weighted by molar-refractivity contribution is -0.991. The van der Waals surface area contributed by atoms with Gasteiger partial charge in [0.1, 0.15) is 0 Å². The summed E-state index contributed by atoms with van der Waals surface area (Å²) in [5, 5.41) is 31.3. The van der Waals surface area contributed by atoms with Gasteiger partial charge in [0, 0.05) is 49.6 Å². The van der Waals surface area contributed by atoms with Gasteiger partial charge in [0.15, 0.2) is 5.69 Å².